The van der Waals surface area contributed by atoms with Crippen LogP contribution >= 0.6 is 23.2 Å². The Morgan fingerprint density at radius 2 is 1.72 bits per heavy atom. The number of halogens is 4. The van der Waals surface area contributed by atoms with Crippen LogP contribution in [-0.4, -0.2) is 44.1 Å². The van der Waals surface area contributed by atoms with Gasteiger partial charge in [0.2, 0.25) is 5.95 Å². The smallest absolute Gasteiger partial charge is 0.225 e. The summed E-state index contributed by atoms with van der Waals surface area (Å²) in [6.07, 6.45) is 3.57. The molecule has 0 aliphatic heterocycles. The predicted octanol–water partition coefficient (Wildman–Crippen LogP) is 6.81. The fraction of sp³-hybridized carbons (Fsp3) is 0.346. The minimum Gasteiger partial charge on any atom is -0.350 e. The summed E-state index contributed by atoms with van der Waals surface area (Å²) in [5.74, 6) is -0.786. The van der Waals surface area contributed by atoms with Crippen molar-refractivity contribution in [3.05, 3.63) is 69.8 Å². The standard InChI is InChI=1S/C26H28Cl2F2N6/c1-3-35(4-2)12-5-6-13-36-24-22(33-25(36)23-18(27)8-7-9-19(23)28)16-32-26(34-24)31-15-17-10-11-20(29)21(30)14-17/h7-11,14,16H,3-6,12-13,15H2,1-2H3,(H,31,32,34). The molecule has 0 spiro atoms. The average Bonchev–Trinajstić information content (AvgIpc) is 3.22. The number of hydrogen-bond donors (Lipinski definition) is 1. The number of unbranched alkanes of at least 4 members (excludes halogenated alkanes) is 1. The minimum absolute atomic E-state index is 0.240. The first kappa shape index (κ1) is 26.3. The summed E-state index contributed by atoms with van der Waals surface area (Å²) in [6, 6.07) is 9.13. The molecule has 190 valence electrons. The van der Waals surface area contributed by atoms with Crippen LogP contribution in [0.25, 0.3) is 22.6 Å². The maximum Gasteiger partial charge on any atom is 0.225 e. The summed E-state index contributed by atoms with van der Waals surface area (Å²) >= 11 is 13.1. The molecule has 2 aromatic carbocycles. The summed E-state index contributed by atoms with van der Waals surface area (Å²) in [7, 11) is 0. The second-order valence-corrected chi connectivity index (χ2v) is 9.24. The fourth-order valence-electron chi connectivity index (χ4n) is 4.09. The summed E-state index contributed by atoms with van der Waals surface area (Å²) in [5.41, 5.74) is 2.49. The highest BCUT2D eigenvalue weighted by molar-refractivity contribution is 6.39. The van der Waals surface area contributed by atoms with Crippen LogP contribution in [0.1, 0.15) is 32.3 Å². The first-order chi connectivity index (χ1) is 17.4. The van der Waals surface area contributed by atoms with Crippen molar-refractivity contribution < 1.29 is 8.78 Å². The van der Waals surface area contributed by atoms with Crippen molar-refractivity contribution in [1.82, 2.24) is 24.4 Å². The molecule has 0 amide bonds. The number of aromatic nitrogens is 4. The molecule has 2 aromatic heterocycles. The molecule has 0 saturated carbocycles. The quantitative estimate of drug-likeness (QED) is 0.215. The average molecular weight is 533 g/mol. The van der Waals surface area contributed by atoms with Crippen molar-refractivity contribution in [3.63, 3.8) is 0 Å². The lowest BCUT2D eigenvalue weighted by Crippen LogP contribution is -2.24. The maximum absolute atomic E-state index is 13.6. The fourth-order valence-corrected chi connectivity index (χ4v) is 4.66. The minimum atomic E-state index is -0.894. The number of fused-ring (bicyclic) bond motifs is 1. The molecule has 0 saturated heterocycles. The number of anilines is 1. The second-order valence-electron chi connectivity index (χ2n) is 8.42. The van der Waals surface area contributed by atoms with Crippen molar-refractivity contribution in [2.45, 2.75) is 39.8 Å². The topological polar surface area (TPSA) is 58.9 Å². The summed E-state index contributed by atoms with van der Waals surface area (Å²) in [5, 5.41) is 4.10. The third-order valence-electron chi connectivity index (χ3n) is 6.11. The predicted molar refractivity (Wildman–Crippen MR) is 141 cm³/mol. The number of aryl methyl sites for hydroxylation is 1. The lowest BCUT2D eigenvalue weighted by Gasteiger charge is -2.18. The molecular weight excluding hydrogens is 505 g/mol. The van der Waals surface area contributed by atoms with Crippen molar-refractivity contribution in [1.29, 1.82) is 0 Å². The molecule has 0 aliphatic carbocycles. The highest BCUT2D eigenvalue weighted by Crippen LogP contribution is 2.35. The first-order valence-corrected chi connectivity index (χ1v) is 12.7. The van der Waals surface area contributed by atoms with Gasteiger partial charge in [-0.1, -0.05) is 49.2 Å². The molecule has 6 nitrogen and oxygen atoms in total. The van der Waals surface area contributed by atoms with Gasteiger partial charge in [-0.2, -0.15) is 4.98 Å². The van der Waals surface area contributed by atoms with E-state index in [1.54, 1.807) is 24.4 Å². The Balaban J connectivity index is 1.64. The van der Waals surface area contributed by atoms with Crippen molar-refractivity contribution in [2.75, 3.05) is 25.0 Å². The molecule has 0 unspecified atom stereocenters. The summed E-state index contributed by atoms with van der Waals surface area (Å²) in [6.45, 7) is 8.29. The SMILES string of the molecule is CCN(CC)CCCCn1c(-c2c(Cl)cccc2Cl)nc2cnc(NCc3ccc(F)c(F)c3)nc21. The zero-order valence-corrected chi connectivity index (χ0v) is 21.8. The normalized spacial score (nSPS) is 11.5. The Morgan fingerprint density at radius 1 is 0.972 bits per heavy atom. The number of nitrogens with zero attached hydrogens (tertiary/aromatic N) is 5. The van der Waals surface area contributed by atoms with Crippen LogP contribution in [-0.2, 0) is 13.1 Å². The monoisotopic (exact) mass is 532 g/mol. The molecule has 0 bridgehead atoms. The van der Waals surface area contributed by atoms with Crippen molar-refractivity contribution >= 4 is 40.3 Å². The van der Waals surface area contributed by atoms with Gasteiger partial charge in [0.15, 0.2) is 17.3 Å². The van der Waals surface area contributed by atoms with E-state index in [-0.39, 0.29) is 6.54 Å². The molecular formula is C26H28Cl2F2N6. The molecule has 36 heavy (non-hydrogen) atoms. The Labute approximate surface area is 219 Å². The Hall–Kier alpha value is -2.81. The van der Waals surface area contributed by atoms with Crippen LogP contribution in [0, 0.1) is 11.6 Å². The molecule has 10 heteroatoms. The van der Waals surface area contributed by atoms with Crippen LogP contribution in [0.4, 0.5) is 14.7 Å². The second kappa shape index (κ2) is 12.0. The van der Waals surface area contributed by atoms with Gasteiger partial charge in [0.1, 0.15) is 11.3 Å². The van der Waals surface area contributed by atoms with Gasteiger partial charge in [0, 0.05) is 13.1 Å². The van der Waals surface area contributed by atoms with E-state index in [0.717, 1.165) is 44.6 Å². The van der Waals surface area contributed by atoms with Gasteiger partial charge in [-0.15, -0.1) is 0 Å². The largest absolute Gasteiger partial charge is 0.350 e. The van der Waals surface area contributed by atoms with E-state index in [2.05, 4.69) is 29.0 Å². The lowest BCUT2D eigenvalue weighted by molar-refractivity contribution is 0.294. The van der Waals surface area contributed by atoms with E-state index in [1.807, 2.05) is 4.57 Å². The van der Waals surface area contributed by atoms with Crippen LogP contribution in [0.2, 0.25) is 10.0 Å². The summed E-state index contributed by atoms with van der Waals surface area (Å²) in [4.78, 5) is 16.2. The number of hydrogen-bond acceptors (Lipinski definition) is 5. The third kappa shape index (κ3) is 5.94. The van der Waals surface area contributed by atoms with E-state index in [9.17, 15) is 8.78 Å². The Bertz CT molecular complexity index is 1320. The molecule has 0 aliphatic rings. The van der Waals surface area contributed by atoms with E-state index >= 15 is 0 Å². The number of rotatable bonds is 11. The lowest BCUT2D eigenvalue weighted by atomic mass is 10.2. The van der Waals surface area contributed by atoms with E-state index in [0.29, 0.717) is 50.7 Å². The molecule has 2 heterocycles. The van der Waals surface area contributed by atoms with Crippen LogP contribution in [0.3, 0.4) is 0 Å². The van der Waals surface area contributed by atoms with Gasteiger partial charge < -0.3 is 14.8 Å². The Morgan fingerprint density at radius 3 is 2.42 bits per heavy atom. The van der Waals surface area contributed by atoms with Gasteiger partial charge in [0.05, 0.1) is 21.8 Å². The van der Waals surface area contributed by atoms with Crippen molar-refractivity contribution in [3.8, 4) is 11.4 Å². The van der Waals surface area contributed by atoms with Crippen LogP contribution in [0.5, 0.6) is 0 Å². The molecule has 0 radical (unpaired) electrons. The zero-order chi connectivity index (χ0) is 25.7. The molecule has 4 aromatic rings. The first-order valence-electron chi connectivity index (χ1n) is 12.0. The van der Waals surface area contributed by atoms with E-state index in [4.69, 9.17) is 33.2 Å². The highest BCUT2D eigenvalue weighted by atomic mass is 35.5. The van der Waals surface area contributed by atoms with Crippen LogP contribution < -0.4 is 5.32 Å². The van der Waals surface area contributed by atoms with Crippen molar-refractivity contribution in [2.24, 2.45) is 0 Å². The Kier molecular flexibility index (Phi) is 8.72. The number of benzene rings is 2. The molecule has 0 fully saturated rings. The van der Waals surface area contributed by atoms with Gasteiger partial charge in [-0.3, -0.25) is 0 Å². The maximum atomic E-state index is 13.6. The molecule has 0 atom stereocenters. The highest BCUT2D eigenvalue weighted by Gasteiger charge is 2.19. The van der Waals surface area contributed by atoms with Gasteiger partial charge in [-0.25, -0.2) is 18.7 Å². The number of imidazole rings is 1. The van der Waals surface area contributed by atoms with E-state index < -0.39 is 11.6 Å². The van der Waals surface area contributed by atoms with Crippen LogP contribution in [0.15, 0.2) is 42.6 Å². The third-order valence-corrected chi connectivity index (χ3v) is 6.74. The number of nitrogens with one attached hydrogen (secondary N) is 1. The molecule has 4 rings (SSSR count). The van der Waals surface area contributed by atoms with Gasteiger partial charge in [-0.05, 0) is 62.3 Å². The van der Waals surface area contributed by atoms with E-state index in [1.165, 1.54) is 6.07 Å². The summed E-state index contributed by atoms with van der Waals surface area (Å²) < 4.78 is 28.8. The van der Waals surface area contributed by atoms with Gasteiger partial charge in [0.25, 0.3) is 0 Å². The van der Waals surface area contributed by atoms with Gasteiger partial charge >= 0.3 is 0 Å². The molecule has 1 N–H and O–H groups in total. The zero-order valence-electron chi connectivity index (χ0n) is 20.2.